The largest absolute Gasteiger partial charge is 1.00 e. The van der Waals surface area contributed by atoms with Gasteiger partial charge < -0.3 is 22.6 Å². The van der Waals surface area contributed by atoms with E-state index < -0.39 is 0 Å². The van der Waals surface area contributed by atoms with Gasteiger partial charge in [0.05, 0.1) is 7.11 Å². The van der Waals surface area contributed by atoms with Crippen molar-refractivity contribution in [3.8, 4) is 5.75 Å². The van der Waals surface area contributed by atoms with Gasteiger partial charge in [0.2, 0.25) is 0 Å². The number of nitrogens with two attached hydrogens (primary N) is 1. The molecule has 0 aliphatic carbocycles. The van der Waals surface area contributed by atoms with Crippen LogP contribution in [0.5, 0.6) is 5.75 Å². The van der Waals surface area contributed by atoms with Gasteiger partial charge in [-0.25, -0.2) is 0 Å². The molecule has 0 radical (unpaired) electrons. The van der Waals surface area contributed by atoms with Gasteiger partial charge in [0, 0.05) is 5.69 Å². The van der Waals surface area contributed by atoms with Crippen molar-refractivity contribution in [1.82, 2.24) is 0 Å². The highest BCUT2D eigenvalue weighted by atomic mass is 35.5. The first-order chi connectivity index (χ1) is 4.86. The van der Waals surface area contributed by atoms with Gasteiger partial charge >= 0.3 is 0 Å². The van der Waals surface area contributed by atoms with Crippen molar-refractivity contribution < 1.29 is 17.1 Å². The Kier molecular flexibility index (Phi) is 4.41. The second kappa shape index (κ2) is 4.82. The maximum Gasteiger partial charge on any atom is 0.119 e. The lowest BCUT2D eigenvalue weighted by Gasteiger charge is -2.00. The highest BCUT2D eigenvalue weighted by Crippen LogP contribution is 2.13. The number of hydrazine groups is 1. The first kappa shape index (κ1) is 10.1. The molecule has 0 aromatic heterocycles. The Bertz CT molecular complexity index is 177. The SMILES string of the molecule is COc1ccc(NN)cc1.[Cl-]. The fraction of sp³-hybridized carbons (Fsp3) is 0.143. The summed E-state index contributed by atoms with van der Waals surface area (Å²) >= 11 is 0. The molecule has 0 bridgehead atoms. The molecule has 0 atom stereocenters. The van der Waals surface area contributed by atoms with Gasteiger partial charge in [-0.05, 0) is 24.3 Å². The van der Waals surface area contributed by atoms with Gasteiger partial charge in [-0.1, -0.05) is 0 Å². The second-order valence-corrected chi connectivity index (χ2v) is 1.87. The van der Waals surface area contributed by atoms with Crippen molar-refractivity contribution in [3.05, 3.63) is 24.3 Å². The number of nitrogen functional groups attached to an aromatic ring is 1. The van der Waals surface area contributed by atoms with Gasteiger partial charge in [0.1, 0.15) is 5.75 Å². The lowest BCUT2D eigenvalue weighted by atomic mass is 10.3. The molecule has 11 heavy (non-hydrogen) atoms. The van der Waals surface area contributed by atoms with E-state index in [1.807, 2.05) is 24.3 Å². The summed E-state index contributed by atoms with van der Waals surface area (Å²) < 4.78 is 4.95. The van der Waals surface area contributed by atoms with Crippen LogP contribution in [0, 0.1) is 0 Å². The highest BCUT2D eigenvalue weighted by molar-refractivity contribution is 5.44. The van der Waals surface area contributed by atoms with Crippen LogP contribution >= 0.6 is 0 Å². The van der Waals surface area contributed by atoms with Crippen molar-refractivity contribution in [3.63, 3.8) is 0 Å². The van der Waals surface area contributed by atoms with Crippen molar-refractivity contribution in [2.75, 3.05) is 12.5 Å². The van der Waals surface area contributed by atoms with E-state index >= 15 is 0 Å². The fourth-order valence-corrected chi connectivity index (χ4v) is 0.687. The Labute approximate surface area is 71.9 Å². The third kappa shape index (κ3) is 2.65. The van der Waals surface area contributed by atoms with Crippen molar-refractivity contribution in [2.24, 2.45) is 5.84 Å². The fourth-order valence-electron chi connectivity index (χ4n) is 0.687. The molecule has 0 aliphatic heterocycles. The van der Waals surface area contributed by atoms with E-state index in [2.05, 4.69) is 5.43 Å². The van der Waals surface area contributed by atoms with E-state index in [0.717, 1.165) is 11.4 Å². The number of benzene rings is 1. The Morgan fingerprint density at radius 2 is 1.82 bits per heavy atom. The van der Waals surface area contributed by atoms with Crippen LogP contribution in [0.25, 0.3) is 0 Å². The van der Waals surface area contributed by atoms with E-state index in [9.17, 15) is 0 Å². The molecular weight excluding hydrogens is 164 g/mol. The molecule has 4 heteroatoms. The molecule has 0 amide bonds. The molecule has 62 valence electrons. The van der Waals surface area contributed by atoms with Crippen molar-refractivity contribution >= 4 is 5.69 Å². The average molecular weight is 174 g/mol. The average Bonchev–Trinajstić information content (AvgIpc) is 2.05. The number of hydrogen-bond donors (Lipinski definition) is 2. The van der Waals surface area contributed by atoms with E-state index in [0.29, 0.717) is 0 Å². The summed E-state index contributed by atoms with van der Waals surface area (Å²) in [5.74, 6) is 5.98. The van der Waals surface area contributed by atoms with Crippen LogP contribution < -0.4 is 28.4 Å². The lowest BCUT2D eigenvalue weighted by molar-refractivity contribution is -0.00000244. The first-order valence-electron chi connectivity index (χ1n) is 2.97. The molecule has 0 saturated heterocycles. The topological polar surface area (TPSA) is 47.3 Å². The number of halogens is 1. The van der Waals surface area contributed by atoms with Gasteiger partial charge in [0.25, 0.3) is 0 Å². The third-order valence-corrected chi connectivity index (χ3v) is 1.26. The molecule has 3 N–H and O–H groups in total. The van der Waals surface area contributed by atoms with Crippen LogP contribution in [0.1, 0.15) is 0 Å². The maximum atomic E-state index is 5.15. The third-order valence-electron chi connectivity index (χ3n) is 1.26. The molecule has 1 aromatic rings. The van der Waals surface area contributed by atoms with Crippen LogP contribution in [0.15, 0.2) is 24.3 Å². The second-order valence-electron chi connectivity index (χ2n) is 1.87. The normalized spacial score (nSPS) is 8.18. The molecular formula is C7H10ClN2O-. The molecule has 0 saturated carbocycles. The number of hydrogen-bond acceptors (Lipinski definition) is 3. The smallest absolute Gasteiger partial charge is 0.119 e. The monoisotopic (exact) mass is 173 g/mol. The summed E-state index contributed by atoms with van der Waals surface area (Å²) in [6, 6.07) is 7.38. The Hall–Kier alpha value is -0.930. The van der Waals surface area contributed by atoms with Gasteiger partial charge in [-0.15, -0.1) is 0 Å². The quantitative estimate of drug-likeness (QED) is 0.401. The Morgan fingerprint density at radius 3 is 2.18 bits per heavy atom. The first-order valence-corrected chi connectivity index (χ1v) is 2.97. The zero-order chi connectivity index (χ0) is 7.40. The highest BCUT2D eigenvalue weighted by Gasteiger charge is 1.88. The van der Waals surface area contributed by atoms with Crippen LogP contribution in [-0.2, 0) is 0 Å². The number of anilines is 1. The molecule has 1 aromatic carbocycles. The van der Waals surface area contributed by atoms with Crippen molar-refractivity contribution in [2.45, 2.75) is 0 Å². The van der Waals surface area contributed by atoms with Crippen LogP contribution in [-0.4, -0.2) is 7.11 Å². The maximum absolute atomic E-state index is 5.15. The zero-order valence-electron chi connectivity index (χ0n) is 6.17. The summed E-state index contributed by atoms with van der Waals surface area (Å²) in [5, 5.41) is 0. The summed E-state index contributed by atoms with van der Waals surface area (Å²) in [5.41, 5.74) is 3.40. The zero-order valence-corrected chi connectivity index (χ0v) is 6.93. The molecule has 0 unspecified atom stereocenters. The number of rotatable bonds is 2. The molecule has 0 heterocycles. The molecule has 1 rings (SSSR count). The molecule has 0 spiro atoms. The number of ether oxygens (including phenoxy) is 1. The minimum atomic E-state index is 0. The van der Waals surface area contributed by atoms with E-state index in [4.69, 9.17) is 10.6 Å². The van der Waals surface area contributed by atoms with Crippen molar-refractivity contribution in [1.29, 1.82) is 0 Å². The van der Waals surface area contributed by atoms with Crippen LogP contribution in [0.3, 0.4) is 0 Å². The predicted molar refractivity (Wildman–Crippen MR) is 40.8 cm³/mol. The minimum absolute atomic E-state index is 0. The lowest BCUT2D eigenvalue weighted by Crippen LogP contribution is -3.00. The molecule has 0 fully saturated rings. The van der Waals surface area contributed by atoms with Crippen LogP contribution in [0.4, 0.5) is 5.69 Å². The van der Waals surface area contributed by atoms with Gasteiger partial charge in [-0.2, -0.15) is 0 Å². The standard InChI is InChI=1S/C7H10N2O.ClH/c1-10-7-4-2-6(9-8)3-5-7;/h2-5,9H,8H2,1H3;1H/p-1. The Morgan fingerprint density at radius 1 is 1.27 bits per heavy atom. The molecule has 0 aliphatic rings. The summed E-state index contributed by atoms with van der Waals surface area (Å²) in [6.45, 7) is 0. The Balaban J connectivity index is 0.000001000. The summed E-state index contributed by atoms with van der Waals surface area (Å²) in [6.07, 6.45) is 0. The van der Waals surface area contributed by atoms with Gasteiger partial charge in [0.15, 0.2) is 0 Å². The van der Waals surface area contributed by atoms with Crippen LogP contribution in [0.2, 0.25) is 0 Å². The number of nitrogens with one attached hydrogen (secondary N) is 1. The summed E-state index contributed by atoms with van der Waals surface area (Å²) in [4.78, 5) is 0. The summed E-state index contributed by atoms with van der Waals surface area (Å²) in [7, 11) is 1.63. The van der Waals surface area contributed by atoms with Gasteiger partial charge in [-0.3, -0.25) is 5.84 Å². The predicted octanol–water partition coefficient (Wildman–Crippen LogP) is -2.02. The van der Waals surface area contributed by atoms with E-state index in [-0.39, 0.29) is 12.4 Å². The number of methoxy groups -OCH3 is 1. The van der Waals surface area contributed by atoms with E-state index in [1.165, 1.54) is 0 Å². The minimum Gasteiger partial charge on any atom is -1.00 e. The van der Waals surface area contributed by atoms with E-state index in [1.54, 1.807) is 7.11 Å². The molecule has 3 nitrogen and oxygen atoms in total.